The summed E-state index contributed by atoms with van der Waals surface area (Å²) in [6.07, 6.45) is 2.39. The molecule has 0 aliphatic carbocycles. The van der Waals surface area contributed by atoms with Crippen LogP contribution in [-0.2, 0) is 0 Å². The van der Waals surface area contributed by atoms with Gasteiger partial charge in [0, 0.05) is 24.5 Å². The first-order valence-corrected chi connectivity index (χ1v) is 11.7. The fraction of sp³-hybridized carbons (Fsp3) is 0.250. The molecular weight excluding hydrogens is 489 g/mol. The van der Waals surface area contributed by atoms with Crippen molar-refractivity contribution in [1.82, 2.24) is 24.4 Å². The van der Waals surface area contributed by atoms with Crippen LogP contribution >= 0.6 is 23.2 Å². The van der Waals surface area contributed by atoms with Gasteiger partial charge in [-0.15, -0.1) is 0 Å². The molecule has 0 radical (unpaired) electrons. The number of aromatic nitrogens is 4. The number of hydrogen-bond donors (Lipinski definition) is 3. The lowest BCUT2D eigenvalue weighted by molar-refractivity contribution is 0.280. The Bertz CT molecular complexity index is 1480. The van der Waals surface area contributed by atoms with Crippen LogP contribution in [0, 0.1) is 12.3 Å². The highest BCUT2D eigenvalue weighted by atomic mass is 35.5. The average molecular weight is 514 g/mol. The van der Waals surface area contributed by atoms with Crippen LogP contribution in [0.1, 0.15) is 12.0 Å². The predicted octanol–water partition coefficient (Wildman–Crippen LogP) is 4.28. The van der Waals surface area contributed by atoms with E-state index in [1.807, 2.05) is 39.2 Å². The van der Waals surface area contributed by atoms with Crippen LogP contribution in [0.25, 0.3) is 16.7 Å². The molecule has 35 heavy (non-hydrogen) atoms. The number of anilines is 2. The highest BCUT2D eigenvalue weighted by Crippen LogP contribution is 2.27. The molecular formula is C24H25Cl2N7O2. The molecule has 0 saturated carbocycles. The molecule has 4 aromatic rings. The van der Waals surface area contributed by atoms with Gasteiger partial charge in [0.2, 0.25) is 5.95 Å². The van der Waals surface area contributed by atoms with Crippen LogP contribution in [-0.4, -0.2) is 51.7 Å². The van der Waals surface area contributed by atoms with Crippen molar-refractivity contribution in [2.24, 2.45) is 0 Å². The fourth-order valence-electron chi connectivity index (χ4n) is 3.53. The number of halogens is 2. The summed E-state index contributed by atoms with van der Waals surface area (Å²) in [6, 6.07) is 10.6. The Morgan fingerprint density at radius 3 is 2.66 bits per heavy atom. The first kappa shape index (κ1) is 24.7. The Morgan fingerprint density at radius 1 is 1.20 bits per heavy atom. The standard InChI is InChI=1S/C24H25Cl2N7O2/c1-14-8-9-15(12-19(14)35-11-5-10-32(2)3)29-23-28-13-16-21(27)33(24(34)31-22(16)30-23)20-17(25)6-4-7-18(20)26/h4,6-9,12-13,27H,5,10-11H2,1-3H3,(H2,28,29,30,31,34). The number of aryl methyl sites for hydroxylation is 1. The van der Waals surface area contributed by atoms with Crippen molar-refractivity contribution in [3.8, 4) is 11.4 Å². The van der Waals surface area contributed by atoms with Gasteiger partial charge in [0.25, 0.3) is 0 Å². The summed E-state index contributed by atoms with van der Waals surface area (Å²) in [5, 5.41) is 12.5. The van der Waals surface area contributed by atoms with Crippen molar-refractivity contribution in [1.29, 1.82) is 5.41 Å². The van der Waals surface area contributed by atoms with Gasteiger partial charge < -0.3 is 15.0 Å². The first-order valence-electron chi connectivity index (χ1n) is 10.9. The number of nitrogens with one attached hydrogen (secondary N) is 3. The fourth-order valence-corrected chi connectivity index (χ4v) is 4.10. The number of rotatable bonds is 8. The smallest absolute Gasteiger partial charge is 0.333 e. The van der Waals surface area contributed by atoms with E-state index >= 15 is 0 Å². The molecule has 0 spiro atoms. The quantitative estimate of drug-likeness (QED) is 0.303. The molecule has 0 unspecified atom stereocenters. The van der Waals surface area contributed by atoms with E-state index in [0.717, 1.165) is 34.5 Å². The second-order valence-electron chi connectivity index (χ2n) is 8.25. The summed E-state index contributed by atoms with van der Waals surface area (Å²) >= 11 is 12.5. The maximum atomic E-state index is 12.8. The highest BCUT2D eigenvalue weighted by molar-refractivity contribution is 6.37. The monoisotopic (exact) mass is 513 g/mol. The molecule has 0 bridgehead atoms. The zero-order valence-electron chi connectivity index (χ0n) is 19.5. The van der Waals surface area contributed by atoms with Gasteiger partial charge in [0.05, 0.1) is 27.7 Å². The zero-order valence-corrected chi connectivity index (χ0v) is 21.0. The molecule has 182 valence electrons. The van der Waals surface area contributed by atoms with Crippen LogP contribution in [0.4, 0.5) is 11.6 Å². The maximum Gasteiger partial charge on any atom is 0.333 e. The van der Waals surface area contributed by atoms with Crippen LogP contribution in [0.15, 0.2) is 47.4 Å². The topological polar surface area (TPSA) is 112 Å². The Morgan fingerprint density at radius 2 is 1.94 bits per heavy atom. The lowest BCUT2D eigenvalue weighted by atomic mass is 10.2. The van der Waals surface area contributed by atoms with Gasteiger partial charge in [0.1, 0.15) is 11.2 Å². The molecule has 0 amide bonds. The number of aromatic amines is 1. The molecule has 0 fully saturated rings. The van der Waals surface area contributed by atoms with Crippen molar-refractivity contribution in [3.05, 3.63) is 74.2 Å². The molecule has 0 saturated heterocycles. The number of fused-ring (bicyclic) bond motifs is 1. The van der Waals surface area contributed by atoms with Crippen molar-refractivity contribution < 1.29 is 4.74 Å². The molecule has 2 heterocycles. The first-order chi connectivity index (χ1) is 16.7. The van der Waals surface area contributed by atoms with Crippen molar-refractivity contribution in [2.45, 2.75) is 13.3 Å². The largest absolute Gasteiger partial charge is 0.493 e. The van der Waals surface area contributed by atoms with Crippen LogP contribution in [0.3, 0.4) is 0 Å². The molecule has 2 aromatic heterocycles. The van der Waals surface area contributed by atoms with Gasteiger partial charge in [-0.3, -0.25) is 10.4 Å². The molecule has 0 aliphatic rings. The van der Waals surface area contributed by atoms with E-state index in [9.17, 15) is 4.79 Å². The van der Waals surface area contributed by atoms with Crippen LogP contribution < -0.4 is 21.2 Å². The third-order valence-electron chi connectivity index (χ3n) is 5.31. The third kappa shape index (κ3) is 5.48. The maximum absolute atomic E-state index is 12.8. The Labute approximate surface area is 211 Å². The van der Waals surface area contributed by atoms with E-state index in [0.29, 0.717) is 12.0 Å². The summed E-state index contributed by atoms with van der Waals surface area (Å²) in [5.41, 5.74) is 1.47. The second kappa shape index (κ2) is 10.5. The SMILES string of the molecule is Cc1ccc(Nc2ncc3c(=N)n(-c4c(Cl)cccc4Cl)c(=O)[nH]c3n2)cc1OCCCN(C)C. The van der Waals surface area contributed by atoms with E-state index in [-0.39, 0.29) is 32.8 Å². The molecule has 0 aliphatic heterocycles. The van der Waals surface area contributed by atoms with E-state index in [2.05, 4.69) is 25.2 Å². The van der Waals surface area contributed by atoms with Crippen molar-refractivity contribution in [2.75, 3.05) is 32.6 Å². The number of benzene rings is 2. The molecule has 11 heteroatoms. The highest BCUT2D eigenvalue weighted by Gasteiger charge is 2.15. The molecule has 0 atom stereocenters. The van der Waals surface area contributed by atoms with Gasteiger partial charge in [0.15, 0.2) is 5.65 Å². The summed E-state index contributed by atoms with van der Waals surface area (Å²) in [6.45, 7) is 3.54. The summed E-state index contributed by atoms with van der Waals surface area (Å²) in [7, 11) is 4.06. The van der Waals surface area contributed by atoms with Gasteiger partial charge in [-0.05, 0) is 51.2 Å². The molecule has 3 N–H and O–H groups in total. The Kier molecular flexibility index (Phi) is 7.39. The van der Waals surface area contributed by atoms with Gasteiger partial charge in [-0.2, -0.15) is 4.98 Å². The number of ether oxygens (including phenoxy) is 1. The number of nitrogens with zero attached hydrogens (tertiary/aromatic N) is 4. The normalized spacial score (nSPS) is 11.3. The minimum atomic E-state index is -0.592. The lowest BCUT2D eigenvalue weighted by Gasteiger charge is -2.14. The summed E-state index contributed by atoms with van der Waals surface area (Å²) in [5.74, 6) is 1.04. The molecule has 9 nitrogen and oxygen atoms in total. The van der Waals surface area contributed by atoms with Gasteiger partial charge in [-0.1, -0.05) is 35.3 Å². The van der Waals surface area contributed by atoms with Gasteiger partial charge in [-0.25, -0.2) is 14.3 Å². The van der Waals surface area contributed by atoms with Crippen LogP contribution in [0.2, 0.25) is 10.0 Å². The van der Waals surface area contributed by atoms with E-state index < -0.39 is 5.69 Å². The average Bonchev–Trinajstić information content (AvgIpc) is 2.80. The lowest BCUT2D eigenvalue weighted by Crippen LogP contribution is -2.34. The second-order valence-corrected chi connectivity index (χ2v) is 9.07. The predicted molar refractivity (Wildman–Crippen MR) is 138 cm³/mol. The number of para-hydroxylation sites is 1. The molecule has 2 aromatic carbocycles. The number of hydrogen-bond acceptors (Lipinski definition) is 7. The zero-order chi connectivity index (χ0) is 25.1. The van der Waals surface area contributed by atoms with Crippen LogP contribution in [0.5, 0.6) is 5.75 Å². The summed E-state index contributed by atoms with van der Waals surface area (Å²) in [4.78, 5) is 26.4. The minimum absolute atomic E-state index is 0.131. The summed E-state index contributed by atoms with van der Waals surface area (Å²) < 4.78 is 7.04. The van der Waals surface area contributed by atoms with Crippen molar-refractivity contribution in [3.63, 3.8) is 0 Å². The van der Waals surface area contributed by atoms with Crippen molar-refractivity contribution >= 4 is 45.9 Å². The Hall–Kier alpha value is -3.40. The van der Waals surface area contributed by atoms with E-state index in [1.54, 1.807) is 18.2 Å². The van der Waals surface area contributed by atoms with E-state index in [1.165, 1.54) is 6.20 Å². The minimum Gasteiger partial charge on any atom is -0.493 e. The Balaban J connectivity index is 1.62. The molecule has 4 rings (SSSR count). The van der Waals surface area contributed by atoms with Gasteiger partial charge >= 0.3 is 5.69 Å². The number of H-pyrrole nitrogens is 1. The third-order valence-corrected chi connectivity index (χ3v) is 5.92. The van der Waals surface area contributed by atoms with E-state index in [4.69, 9.17) is 33.3 Å².